The van der Waals surface area contributed by atoms with E-state index in [0.29, 0.717) is 9.54 Å². The molecule has 0 bridgehead atoms. The summed E-state index contributed by atoms with van der Waals surface area (Å²) in [7, 11) is -4.21. The largest absolute Gasteiger partial charge is 0.492 e. The summed E-state index contributed by atoms with van der Waals surface area (Å²) < 4.78 is 32.0. The molecule has 1 heterocycles. The Hall–Kier alpha value is -2.42. The summed E-state index contributed by atoms with van der Waals surface area (Å²) in [5.74, 6) is -0.393. The summed E-state index contributed by atoms with van der Waals surface area (Å²) in [6.45, 7) is 6.99. The normalized spacial score (nSPS) is 11.5. The fourth-order valence-corrected chi connectivity index (χ4v) is 3.87. The number of nitrogens with zero attached hydrogens (tertiary/aromatic N) is 3. The quantitative estimate of drug-likeness (QED) is 0.612. The van der Waals surface area contributed by atoms with E-state index in [2.05, 4.69) is 4.98 Å². The van der Waals surface area contributed by atoms with E-state index in [0.717, 1.165) is 11.8 Å². The van der Waals surface area contributed by atoms with Crippen molar-refractivity contribution in [1.29, 1.82) is 0 Å². The molecule has 0 aliphatic rings. The maximum Gasteiger partial charge on any atom is 0.358 e. The van der Waals surface area contributed by atoms with Gasteiger partial charge >= 0.3 is 15.8 Å². The minimum absolute atomic E-state index is 0.0115. The van der Waals surface area contributed by atoms with E-state index < -0.39 is 20.8 Å². The van der Waals surface area contributed by atoms with Crippen LogP contribution in [0.15, 0.2) is 23.2 Å². The lowest BCUT2D eigenvalue weighted by molar-refractivity contribution is -0.390. The van der Waals surface area contributed by atoms with Gasteiger partial charge in [0.25, 0.3) is 0 Å². The van der Waals surface area contributed by atoms with Gasteiger partial charge in [-0.25, -0.2) is 4.98 Å². The van der Waals surface area contributed by atoms with Crippen LogP contribution in [0.4, 0.5) is 5.82 Å². The van der Waals surface area contributed by atoms with Gasteiger partial charge in [0, 0.05) is 6.92 Å². The number of ether oxygens (including phenoxy) is 1. The Morgan fingerprint density at radius 1 is 1.30 bits per heavy atom. The first kappa shape index (κ1) is 16.9. The second kappa shape index (κ2) is 5.99. The Kier molecular flexibility index (Phi) is 4.42. The van der Waals surface area contributed by atoms with Crippen molar-refractivity contribution in [2.75, 3.05) is 6.61 Å². The first-order valence-corrected chi connectivity index (χ1v) is 8.33. The van der Waals surface area contributed by atoms with Crippen molar-refractivity contribution >= 4 is 15.8 Å². The summed E-state index contributed by atoms with van der Waals surface area (Å²) in [6.07, 6.45) is 0.925. The highest BCUT2D eigenvalue weighted by Gasteiger charge is 2.34. The monoisotopic (exact) mass is 339 g/mol. The zero-order chi connectivity index (χ0) is 17.4. The van der Waals surface area contributed by atoms with E-state index in [9.17, 15) is 18.5 Å². The highest BCUT2D eigenvalue weighted by atomic mass is 32.2. The third-order valence-electron chi connectivity index (χ3n) is 3.50. The molecule has 0 saturated carbocycles. The minimum atomic E-state index is -4.21. The summed E-state index contributed by atoms with van der Waals surface area (Å²) >= 11 is 0. The van der Waals surface area contributed by atoms with Gasteiger partial charge < -0.3 is 14.9 Å². The van der Waals surface area contributed by atoms with Gasteiger partial charge in [0.2, 0.25) is 5.82 Å². The molecule has 23 heavy (non-hydrogen) atoms. The van der Waals surface area contributed by atoms with E-state index in [1.165, 1.54) is 13.0 Å². The fourth-order valence-electron chi connectivity index (χ4n) is 2.23. The summed E-state index contributed by atoms with van der Waals surface area (Å²) in [4.78, 5) is 13.9. The molecule has 0 amide bonds. The molecule has 0 radical (unpaired) electrons. The Bertz CT molecular complexity index is 871. The molecular formula is C14H17N3O5S. The van der Waals surface area contributed by atoms with Crippen LogP contribution in [0.3, 0.4) is 0 Å². The first-order chi connectivity index (χ1) is 10.7. The molecular weight excluding hydrogens is 322 g/mol. The van der Waals surface area contributed by atoms with Crippen molar-refractivity contribution < 1.29 is 18.1 Å². The molecule has 0 unspecified atom stereocenters. The van der Waals surface area contributed by atoms with Crippen LogP contribution in [-0.2, 0) is 10.0 Å². The topological polar surface area (TPSA) is 104 Å². The molecule has 0 aliphatic heterocycles. The molecule has 9 heteroatoms. The lowest BCUT2D eigenvalue weighted by atomic mass is 10.1. The molecule has 0 fully saturated rings. The number of hydrogen-bond donors (Lipinski definition) is 0. The van der Waals surface area contributed by atoms with Crippen molar-refractivity contribution in [1.82, 2.24) is 8.96 Å². The second-order valence-corrected chi connectivity index (χ2v) is 6.71. The van der Waals surface area contributed by atoms with Crippen LogP contribution in [0.2, 0.25) is 0 Å². The van der Waals surface area contributed by atoms with Crippen molar-refractivity contribution in [3.63, 3.8) is 0 Å². The molecule has 2 rings (SSSR count). The van der Waals surface area contributed by atoms with Gasteiger partial charge in [0.15, 0.2) is 4.90 Å². The van der Waals surface area contributed by atoms with Gasteiger partial charge in [-0.3, -0.25) is 0 Å². The van der Waals surface area contributed by atoms with Crippen molar-refractivity contribution in [3.8, 4) is 5.75 Å². The van der Waals surface area contributed by atoms with Gasteiger partial charge in [-0.2, -0.15) is 8.42 Å². The fraction of sp³-hybridized carbons (Fsp3) is 0.357. The molecule has 0 aliphatic carbocycles. The third kappa shape index (κ3) is 2.79. The van der Waals surface area contributed by atoms with E-state index in [1.807, 2.05) is 6.92 Å². The van der Waals surface area contributed by atoms with E-state index in [1.54, 1.807) is 19.9 Å². The Morgan fingerprint density at radius 2 is 1.96 bits per heavy atom. The van der Waals surface area contributed by atoms with Crippen LogP contribution in [0.1, 0.15) is 23.9 Å². The lowest BCUT2D eigenvalue weighted by Crippen LogP contribution is -2.18. The summed E-state index contributed by atoms with van der Waals surface area (Å²) in [6, 6.07) is 3.04. The van der Waals surface area contributed by atoms with Crippen molar-refractivity contribution in [2.24, 2.45) is 0 Å². The third-order valence-corrected chi connectivity index (χ3v) is 5.31. The highest BCUT2D eigenvalue weighted by Crippen LogP contribution is 2.33. The summed E-state index contributed by atoms with van der Waals surface area (Å²) in [5, 5.41) is 11.1. The average Bonchev–Trinajstić information content (AvgIpc) is 2.86. The maximum atomic E-state index is 12.9. The molecule has 1 aromatic carbocycles. The van der Waals surface area contributed by atoms with Crippen LogP contribution in [0, 0.1) is 30.9 Å². The molecule has 124 valence electrons. The zero-order valence-electron chi connectivity index (χ0n) is 13.2. The van der Waals surface area contributed by atoms with Gasteiger partial charge in [-0.1, -0.05) is 10.0 Å². The number of nitro groups is 1. The van der Waals surface area contributed by atoms with Crippen molar-refractivity contribution in [2.45, 2.75) is 32.6 Å². The predicted molar refractivity (Wildman–Crippen MR) is 83.3 cm³/mol. The van der Waals surface area contributed by atoms with Crippen LogP contribution >= 0.6 is 0 Å². The zero-order valence-corrected chi connectivity index (χ0v) is 14.0. The standard InChI is InChI=1S/C14H17N3O5S/c1-5-22-14-10(3)9(2)6-7-12(14)23(20,21)16-11(4)15-8-13(16)17(18)19/h6-8H,5H2,1-4H3. The molecule has 1 aromatic heterocycles. The average molecular weight is 339 g/mol. The van der Waals surface area contributed by atoms with E-state index in [4.69, 9.17) is 4.74 Å². The smallest absolute Gasteiger partial charge is 0.358 e. The molecule has 0 saturated heterocycles. The van der Waals surface area contributed by atoms with Gasteiger partial charge in [0.1, 0.15) is 11.9 Å². The number of benzene rings is 1. The molecule has 2 aromatic rings. The highest BCUT2D eigenvalue weighted by molar-refractivity contribution is 7.90. The van der Waals surface area contributed by atoms with Gasteiger partial charge in [-0.05, 0) is 42.9 Å². The molecule has 0 N–H and O–H groups in total. The number of imidazole rings is 1. The maximum absolute atomic E-state index is 12.9. The van der Waals surface area contributed by atoms with Crippen LogP contribution in [0.5, 0.6) is 5.75 Å². The van der Waals surface area contributed by atoms with Gasteiger partial charge in [-0.15, -0.1) is 0 Å². The number of aromatic nitrogens is 2. The van der Waals surface area contributed by atoms with Gasteiger partial charge in [0.05, 0.1) is 6.61 Å². The van der Waals surface area contributed by atoms with Crippen LogP contribution in [-0.4, -0.2) is 28.9 Å². The van der Waals surface area contributed by atoms with E-state index >= 15 is 0 Å². The SMILES string of the molecule is CCOc1c(S(=O)(=O)n2c([N+](=O)[O-])cnc2C)ccc(C)c1C. The van der Waals surface area contributed by atoms with Crippen LogP contribution in [0.25, 0.3) is 0 Å². The van der Waals surface area contributed by atoms with E-state index in [-0.39, 0.29) is 23.1 Å². The second-order valence-electron chi connectivity index (χ2n) is 4.96. The number of rotatable bonds is 5. The predicted octanol–water partition coefficient (Wildman–Crippen LogP) is 2.35. The number of aryl methyl sites for hydroxylation is 2. The Balaban J connectivity index is 2.78. The summed E-state index contributed by atoms with van der Waals surface area (Å²) in [5.41, 5.74) is 1.54. The molecule has 8 nitrogen and oxygen atoms in total. The van der Waals surface area contributed by atoms with Crippen LogP contribution < -0.4 is 4.74 Å². The molecule has 0 spiro atoms. The first-order valence-electron chi connectivity index (χ1n) is 6.89. The molecule has 0 atom stereocenters. The Morgan fingerprint density at radius 3 is 2.52 bits per heavy atom. The number of hydrogen-bond acceptors (Lipinski definition) is 6. The minimum Gasteiger partial charge on any atom is -0.492 e. The van der Waals surface area contributed by atoms with Crippen molar-refractivity contribution in [3.05, 3.63) is 45.4 Å². The lowest BCUT2D eigenvalue weighted by Gasteiger charge is -2.14. The Labute approximate surface area is 133 Å².